The first kappa shape index (κ1) is 22.4. The molecule has 164 valence electrons. The maximum absolute atomic E-state index is 12.0. The van der Waals surface area contributed by atoms with Gasteiger partial charge in [0.05, 0.1) is 18.4 Å². The van der Waals surface area contributed by atoms with Gasteiger partial charge in [0.25, 0.3) is 5.24 Å². The Hall–Kier alpha value is -2.80. The van der Waals surface area contributed by atoms with Crippen LogP contribution in [0.25, 0.3) is 0 Å². The summed E-state index contributed by atoms with van der Waals surface area (Å²) in [6.07, 6.45) is 0.503. The van der Waals surface area contributed by atoms with Gasteiger partial charge in [-0.3, -0.25) is 14.9 Å². The molecule has 2 amide bonds. The van der Waals surface area contributed by atoms with Crippen LogP contribution in [0.1, 0.15) is 28.3 Å². The third kappa shape index (κ3) is 5.51. The van der Waals surface area contributed by atoms with Gasteiger partial charge in [-0.25, -0.2) is 0 Å². The summed E-state index contributed by atoms with van der Waals surface area (Å²) < 4.78 is 5.31. The minimum absolute atomic E-state index is 0.0665. The van der Waals surface area contributed by atoms with Crippen LogP contribution >= 0.6 is 23.4 Å². The molecule has 5 nitrogen and oxygen atoms in total. The van der Waals surface area contributed by atoms with E-state index in [0.29, 0.717) is 18.0 Å². The SMILES string of the molecule is COc1ccc(C(NCc2ccc(Cl)cc2)c2cccc(CC3SC(=O)NC3=O)c2)cc1. The number of methoxy groups -OCH3 is 1. The number of benzene rings is 3. The van der Waals surface area contributed by atoms with Crippen molar-refractivity contribution in [3.05, 3.63) is 100 Å². The van der Waals surface area contributed by atoms with E-state index in [1.807, 2.05) is 60.7 Å². The molecule has 2 N–H and O–H groups in total. The van der Waals surface area contributed by atoms with Crippen LogP contribution < -0.4 is 15.4 Å². The Morgan fingerprint density at radius 3 is 2.41 bits per heavy atom. The molecule has 32 heavy (non-hydrogen) atoms. The first-order valence-corrected chi connectivity index (χ1v) is 11.5. The molecule has 0 aliphatic carbocycles. The Morgan fingerprint density at radius 2 is 1.75 bits per heavy atom. The highest BCUT2D eigenvalue weighted by atomic mass is 35.5. The van der Waals surface area contributed by atoms with E-state index >= 15 is 0 Å². The lowest BCUT2D eigenvalue weighted by molar-refractivity contribution is -0.118. The van der Waals surface area contributed by atoms with E-state index in [-0.39, 0.29) is 22.4 Å². The highest BCUT2D eigenvalue weighted by molar-refractivity contribution is 8.15. The molecule has 1 fully saturated rings. The molecule has 4 rings (SSSR count). The van der Waals surface area contributed by atoms with E-state index in [2.05, 4.69) is 22.8 Å². The Balaban J connectivity index is 1.58. The lowest BCUT2D eigenvalue weighted by Crippen LogP contribution is -2.25. The van der Waals surface area contributed by atoms with Gasteiger partial charge < -0.3 is 10.1 Å². The molecule has 3 aromatic carbocycles. The standard InChI is InChI=1S/C25H23ClN2O3S/c1-31-21-11-7-18(8-12-21)23(27-15-16-5-9-20(26)10-6-16)19-4-2-3-17(13-19)14-22-24(29)28-25(30)32-22/h2-13,22-23,27H,14-15H2,1H3,(H,28,29,30). The minimum atomic E-state index is -0.390. The highest BCUT2D eigenvalue weighted by Gasteiger charge is 2.31. The second-order valence-corrected chi connectivity index (χ2v) is 9.16. The van der Waals surface area contributed by atoms with Gasteiger partial charge in [-0.05, 0) is 52.9 Å². The summed E-state index contributed by atoms with van der Waals surface area (Å²) in [6, 6.07) is 23.8. The van der Waals surface area contributed by atoms with Gasteiger partial charge in [0.1, 0.15) is 5.75 Å². The number of carbonyl (C=O) groups excluding carboxylic acids is 2. The van der Waals surface area contributed by atoms with Gasteiger partial charge in [-0.1, -0.05) is 71.9 Å². The number of ether oxygens (including phenoxy) is 1. The van der Waals surface area contributed by atoms with Crippen LogP contribution in [-0.4, -0.2) is 23.5 Å². The molecule has 7 heteroatoms. The molecule has 3 aromatic rings. The van der Waals surface area contributed by atoms with Crippen molar-refractivity contribution in [2.24, 2.45) is 0 Å². The Labute approximate surface area is 196 Å². The molecule has 2 atom stereocenters. The Kier molecular flexibility index (Phi) is 7.15. The van der Waals surface area contributed by atoms with Crippen molar-refractivity contribution >= 4 is 34.5 Å². The van der Waals surface area contributed by atoms with Crippen molar-refractivity contribution in [1.82, 2.24) is 10.6 Å². The maximum atomic E-state index is 12.0. The predicted octanol–water partition coefficient (Wildman–Crippen LogP) is 5.12. The maximum Gasteiger partial charge on any atom is 0.286 e. The summed E-state index contributed by atoms with van der Waals surface area (Å²) in [5.74, 6) is 0.575. The molecular formula is C25H23ClN2O3S. The molecular weight excluding hydrogens is 444 g/mol. The van der Waals surface area contributed by atoms with Gasteiger partial charge in [-0.2, -0.15) is 0 Å². The molecule has 1 saturated heterocycles. The fourth-order valence-electron chi connectivity index (χ4n) is 3.69. The number of rotatable bonds is 8. The smallest absolute Gasteiger partial charge is 0.286 e. The summed E-state index contributed by atoms with van der Waals surface area (Å²) >= 11 is 7.07. The van der Waals surface area contributed by atoms with Crippen molar-refractivity contribution in [3.8, 4) is 5.75 Å². The van der Waals surface area contributed by atoms with Gasteiger partial charge >= 0.3 is 0 Å². The minimum Gasteiger partial charge on any atom is -0.497 e. The zero-order valence-corrected chi connectivity index (χ0v) is 19.1. The van der Waals surface area contributed by atoms with E-state index < -0.39 is 0 Å². The number of amides is 2. The van der Waals surface area contributed by atoms with Crippen molar-refractivity contribution in [3.63, 3.8) is 0 Å². The van der Waals surface area contributed by atoms with Crippen LogP contribution in [0.2, 0.25) is 5.02 Å². The molecule has 0 bridgehead atoms. The Bertz CT molecular complexity index is 1100. The van der Waals surface area contributed by atoms with Crippen LogP contribution in [-0.2, 0) is 17.8 Å². The number of halogens is 1. The highest BCUT2D eigenvalue weighted by Crippen LogP contribution is 2.28. The molecule has 0 saturated carbocycles. The first-order chi connectivity index (χ1) is 15.5. The first-order valence-electron chi connectivity index (χ1n) is 10.2. The van der Waals surface area contributed by atoms with Crippen LogP contribution in [0, 0.1) is 0 Å². The zero-order valence-electron chi connectivity index (χ0n) is 17.5. The largest absolute Gasteiger partial charge is 0.497 e. The van der Waals surface area contributed by atoms with Crippen molar-refractivity contribution in [1.29, 1.82) is 0 Å². The number of hydrogen-bond acceptors (Lipinski definition) is 5. The zero-order chi connectivity index (χ0) is 22.5. The van der Waals surface area contributed by atoms with Crippen LogP contribution in [0.4, 0.5) is 4.79 Å². The summed E-state index contributed by atoms with van der Waals surface area (Å²) in [6.45, 7) is 0.660. The number of thioether (sulfide) groups is 1. The van der Waals surface area contributed by atoms with E-state index in [1.165, 1.54) is 0 Å². The fourth-order valence-corrected chi connectivity index (χ4v) is 4.67. The molecule has 0 spiro atoms. The molecule has 1 aliphatic heterocycles. The summed E-state index contributed by atoms with van der Waals surface area (Å²) in [4.78, 5) is 23.5. The van der Waals surface area contributed by atoms with E-state index in [1.54, 1.807) is 7.11 Å². The topological polar surface area (TPSA) is 67.4 Å². The van der Waals surface area contributed by atoms with Gasteiger partial charge in [0.15, 0.2) is 0 Å². The number of hydrogen-bond donors (Lipinski definition) is 2. The predicted molar refractivity (Wildman–Crippen MR) is 128 cm³/mol. The average Bonchev–Trinajstić information content (AvgIpc) is 3.12. The molecule has 0 aromatic heterocycles. The molecule has 1 heterocycles. The average molecular weight is 467 g/mol. The second kappa shape index (κ2) is 10.2. The number of nitrogens with one attached hydrogen (secondary N) is 2. The van der Waals surface area contributed by atoms with Gasteiger partial charge in [0.2, 0.25) is 5.91 Å². The van der Waals surface area contributed by atoms with Gasteiger partial charge in [0, 0.05) is 11.6 Å². The van der Waals surface area contributed by atoms with Crippen LogP contribution in [0.3, 0.4) is 0 Å². The summed E-state index contributed by atoms with van der Waals surface area (Å²) in [5, 5.41) is 6.03. The number of carbonyl (C=O) groups is 2. The third-order valence-electron chi connectivity index (χ3n) is 5.35. The summed E-state index contributed by atoms with van der Waals surface area (Å²) in [5.41, 5.74) is 4.31. The second-order valence-electron chi connectivity index (χ2n) is 7.55. The van der Waals surface area contributed by atoms with Gasteiger partial charge in [-0.15, -0.1) is 0 Å². The quantitative estimate of drug-likeness (QED) is 0.482. The monoisotopic (exact) mass is 466 g/mol. The number of imide groups is 1. The van der Waals surface area contributed by atoms with Crippen molar-refractivity contribution in [2.45, 2.75) is 24.3 Å². The molecule has 1 aliphatic rings. The van der Waals surface area contributed by atoms with Crippen molar-refractivity contribution < 1.29 is 14.3 Å². The van der Waals surface area contributed by atoms with E-state index in [4.69, 9.17) is 16.3 Å². The lowest BCUT2D eigenvalue weighted by atomic mass is 9.95. The molecule has 0 radical (unpaired) electrons. The van der Waals surface area contributed by atoms with E-state index in [0.717, 1.165) is 39.8 Å². The van der Waals surface area contributed by atoms with Crippen LogP contribution in [0.15, 0.2) is 72.8 Å². The Morgan fingerprint density at radius 1 is 1.00 bits per heavy atom. The molecule has 2 unspecified atom stereocenters. The van der Waals surface area contributed by atoms with Crippen LogP contribution in [0.5, 0.6) is 5.75 Å². The van der Waals surface area contributed by atoms with E-state index in [9.17, 15) is 9.59 Å². The fraction of sp³-hybridized carbons (Fsp3) is 0.200. The normalized spacial score (nSPS) is 16.6. The third-order valence-corrected chi connectivity index (χ3v) is 6.58. The van der Waals surface area contributed by atoms with Crippen molar-refractivity contribution in [2.75, 3.05) is 7.11 Å². The summed E-state index contributed by atoms with van der Waals surface area (Å²) in [7, 11) is 1.65. The lowest BCUT2D eigenvalue weighted by Gasteiger charge is -2.21.